The minimum atomic E-state index is -0.607. The van der Waals surface area contributed by atoms with Gasteiger partial charge in [-0.1, -0.05) is 30.3 Å². The van der Waals surface area contributed by atoms with Crippen LogP contribution in [0.4, 0.5) is 11.5 Å². The fourth-order valence-corrected chi connectivity index (χ4v) is 1.87. The van der Waals surface area contributed by atoms with E-state index in [0.29, 0.717) is 11.5 Å². The van der Waals surface area contributed by atoms with E-state index < -0.39 is 5.54 Å². The number of aryl methyl sites for hydroxylation is 1. The number of hydrogen-bond donors (Lipinski definition) is 3. The van der Waals surface area contributed by atoms with Crippen LogP contribution in [0.25, 0.3) is 0 Å². The summed E-state index contributed by atoms with van der Waals surface area (Å²) in [4.78, 5) is 0. The van der Waals surface area contributed by atoms with E-state index in [1.165, 1.54) is 0 Å². The highest BCUT2D eigenvalue weighted by Gasteiger charge is 2.27. The fourth-order valence-electron chi connectivity index (χ4n) is 1.87. The van der Waals surface area contributed by atoms with Crippen molar-refractivity contribution in [1.82, 2.24) is 9.78 Å². The van der Waals surface area contributed by atoms with Gasteiger partial charge in [-0.25, -0.2) is 0 Å². The molecular weight excluding hydrogens is 228 g/mol. The van der Waals surface area contributed by atoms with Gasteiger partial charge in [0.05, 0.1) is 17.8 Å². The van der Waals surface area contributed by atoms with E-state index in [1.807, 2.05) is 37.3 Å². The molecule has 1 aromatic carbocycles. The van der Waals surface area contributed by atoms with Crippen LogP contribution in [-0.4, -0.2) is 21.5 Å². The second kappa shape index (κ2) is 4.70. The summed E-state index contributed by atoms with van der Waals surface area (Å²) < 4.78 is 1.64. The van der Waals surface area contributed by atoms with Gasteiger partial charge in [0, 0.05) is 13.2 Å². The summed E-state index contributed by atoms with van der Waals surface area (Å²) in [5, 5.41) is 17.1. The van der Waals surface area contributed by atoms with Crippen LogP contribution in [0.2, 0.25) is 0 Å². The normalized spacial score (nSPS) is 14.2. The van der Waals surface area contributed by atoms with Gasteiger partial charge in [0.15, 0.2) is 5.82 Å². The highest BCUT2D eigenvalue weighted by Crippen LogP contribution is 2.27. The van der Waals surface area contributed by atoms with Crippen LogP contribution in [0.3, 0.4) is 0 Å². The first kappa shape index (κ1) is 12.4. The van der Waals surface area contributed by atoms with E-state index in [1.54, 1.807) is 17.9 Å². The van der Waals surface area contributed by atoms with Crippen LogP contribution < -0.4 is 11.1 Å². The number of nitrogens with one attached hydrogen (secondary N) is 1. The predicted octanol–water partition coefficient (Wildman–Crippen LogP) is 1.32. The minimum absolute atomic E-state index is 0.0486. The summed E-state index contributed by atoms with van der Waals surface area (Å²) in [6, 6.07) is 9.74. The molecule has 0 aliphatic rings. The third-order valence-corrected chi connectivity index (χ3v) is 2.98. The molecule has 0 amide bonds. The first-order chi connectivity index (χ1) is 8.55. The Kier molecular flexibility index (Phi) is 3.25. The standard InChI is InChI=1S/C13H18N4O/c1-13(9-18,10-6-4-3-5-7-10)15-12-11(14)8-17(2)16-12/h3-8,18H,9,14H2,1-2H3,(H,15,16). The number of anilines is 2. The molecule has 5 heteroatoms. The molecule has 4 N–H and O–H groups in total. The van der Waals surface area contributed by atoms with Crippen molar-refractivity contribution in [3.63, 3.8) is 0 Å². The van der Waals surface area contributed by atoms with Crippen molar-refractivity contribution in [1.29, 1.82) is 0 Å². The number of hydrogen-bond acceptors (Lipinski definition) is 4. The summed E-state index contributed by atoms with van der Waals surface area (Å²) in [5.74, 6) is 0.581. The lowest BCUT2D eigenvalue weighted by molar-refractivity contribution is 0.223. The lowest BCUT2D eigenvalue weighted by Gasteiger charge is -2.29. The molecule has 0 fully saturated rings. The maximum atomic E-state index is 9.66. The van der Waals surface area contributed by atoms with Crippen LogP contribution in [0.15, 0.2) is 36.5 Å². The molecule has 96 valence electrons. The van der Waals surface area contributed by atoms with E-state index in [4.69, 9.17) is 5.73 Å². The highest BCUT2D eigenvalue weighted by molar-refractivity contribution is 5.61. The zero-order valence-corrected chi connectivity index (χ0v) is 10.6. The molecule has 0 bridgehead atoms. The number of nitrogen functional groups attached to an aromatic ring is 1. The quantitative estimate of drug-likeness (QED) is 0.760. The predicted molar refractivity (Wildman–Crippen MR) is 72.1 cm³/mol. The number of nitrogens with zero attached hydrogens (tertiary/aromatic N) is 2. The number of rotatable bonds is 4. The summed E-state index contributed by atoms with van der Waals surface area (Å²) in [7, 11) is 1.81. The van der Waals surface area contributed by atoms with Crippen molar-refractivity contribution in [3.8, 4) is 0 Å². The summed E-state index contributed by atoms with van der Waals surface area (Å²) in [6.07, 6.45) is 1.73. The molecule has 1 aromatic heterocycles. The van der Waals surface area contributed by atoms with Crippen molar-refractivity contribution in [2.45, 2.75) is 12.5 Å². The Balaban J connectivity index is 2.32. The molecule has 0 saturated carbocycles. The van der Waals surface area contributed by atoms with Crippen LogP contribution in [0.5, 0.6) is 0 Å². The van der Waals surface area contributed by atoms with Crippen molar-refractivity contribution < 1.29 is 5.11 Å². The highest BCUT2D eigenvalue weighted by atomic mass is 16.3. The van der Waals surface area contributed by atoms with E-state index in [2.05, 4.69) is 10.4 Å². The average molecular weight is 246 g/mol. The minimum Gasteiger partial charge on any atom is -0.394 e. The SMILES string of the molecule is Cn1cc(N)c(NC(C)(CO)c2ccccc2)n1. The Hall–Kier alpha value is -2.01. The zero-order valence-electron chi connectivity index (χ0n) is 10.6. The van der Waals surface area contributed by atoms with Gasteiger partial charge in [-0.05, 0) is 12.5 Å². The van der Waals surface area contributed by atoms with Gasteiger partial charge in [-0.3, -0.25) is 4.68 Å². The third-order valence-electron chi connectivity index (χ3n) is 2.98. The van der Waals surface area contributed by atoms with Gasteiger partial charge in [0.1, 0.15) is 0 Å². The Labute approximate surface area is 106 Å². The summed E-state index contributed by atoms with van der Waals surface area (Å²) in [6.45, 7) is 1.86. The van der Waals surface area contributed by atoms with Crippen molar-refractivity contribution >= 4 is 11.5 Å². The Morgan fingerprint density at radius 2 is 2.06 bits per heavy atom. The summed E-state index contributed by atoms with van der Waals surface area (Å²) in [5.41, 5.74) is 6.79. The number of nitrogens with two attached hydrogens (primary N) is 1. The lowest BCUT2D eigenvalue weighted by Crippen LogP contribution is -2.36. The van der Waals surface area contributed by atoms with Gasteiger partial charge in [-0.2, -0.15) is 5.10 Å². The molecule has 0 aliphatic heterocycles. The number of aliphatic hydroxyl groups is 1. The van der Waals surface area contributed by atoms with Crippen molar-refractivity contribution in [2.24, 2.45) is 7.05 Å². The Bertz CT molecular complexity index is 523. The van der Waals surface area contributed by atoms with Crippen LogP contribution in [-0.2, 0) is 12.6 Å². The third kappa shape index (κ3) is 2.31. The van der Waals surface area contributed by atoms with Crippen LogP contribution in [0.1, 0.15) is 12.5 Å². The Morgan fingerprint density at radius 1 is 1.39 bits per heavy atom. The largest absolute Gasteiger partial charge is 0.394 e. The molecule has 2 rings (SSSR count). The van der Waals surface area contributed by atoms with Gasteiger partial charge in [-0.15, -0.1) is 0 Å². The Morgan fingerprint density at radius 3 is 2.56 bits per heavy atom. The molecular formula is C13H18N4O. The first-order valence-electron chi connectivity index (χ1n) is 5.79. The molecule has 5 nitrogen and oxygen atoms in total. The maximum Gasteiger partial charge on any atom is 0.172 e. The molecule has 2 aromatic rings. The molecule has 1 heterocycles. The maximum absolute atomic E-state index is 9.66. The monoisotopic (exact) mass is 246 g/mol. The van der Waals surface area contributed by atoms with E-state index in [-0.39, 0.29) is 6.61 Å². The van der Waals surface area contributed by atoms with Gasteiger partial charge < -0.3 is 16.2 Å². The molecule has 18 heavy (non-hydrogen) atoms. The average Bonchev–Trinajstić information content (AvgIpc) is 2.68. The number of benzene rings is 1. The summed E-state index contributed by atoms with van der Waals surface area (Å²) >= 11 is 0. The van der Waals surface area contributed by atoms with Crippen molar-refractivity contribution in [3.05, 3.63) is 42.1 Å². The molecule has 0 radical (unpaired) electrons. The van der Waals surface area contributed by atoms with Crippen LogP contribution in [0, 0.1) is 0 Å². The van der Waals surface area contributed by atoms with E-state index in [9.17, 15) is 5.11 Å². The molecule has 0 saturated heterocycles. The topological polar surface area (TPSA) is 76.1 Å². The molecule has 1 unspecified atom stereocenters. The molecule has 0 aliphatic carbocycles. The van der Waals surface area contributed by atoms with Gasteiger partial charge >= 0.3 is 0 Å². The zero-order chi connectivity index (χ0) is 13.2. The second-order valence-corrected chi connectivity index (χ2v) is 4.59. The van der Waals surface area contributed by atoms with Gasteiger partial charge in [0.2, 0.25) is 0 Å². The molecule has 1 atom stereocenters. The smallest absolute Gasteiger partial charge is 0.172 e. The molecule has 0 spiro atoms. The van der Waals surface area contributed by atoms with Crippen molar-refractivity contribution in [2.75, 3.05) is 17.7 Å². The first-order valence-corrected chi connectivity index (χ1v) is 5.79. The van der Waals surface area contributed by atoms with Crippen LogP contribution >= 0.6 is 0 Å². The second-order valence-electron chi connectivity index (χ2n) is 4.59. The van der Waals surface area contributed by atoms with E-state index >= 15 is 0 Å². The van der Waals surface area contributed by atoms with E-state index in [0.717, 1.165) is 5.56 Å². The number of aliphatic hydroxyl groups excluding tert-OH is 1. The lowest BCUT2D eigenvalue weighted by atomic mass is 9.93. The number of aromatic nitrogens is 2. The fraction of sp³-hybridized carbons (Fsp3) is 0.308. The van der Waals surface area contributed by atoms with Gasteiger partial charge in [0.25, 0.3) is 0 Å².